The van der Waals surface area contributed by atoms with E-state index < -0.39 is 9.84 Å². The Morgan fingerprint density at radius 2 is 1.67 bits per heavy atom. The zero-order chi connectivity index (χ0) is 13.2. The van der Waals surface area contributed by atoms with Crippen molar-refractivity contribution in [2.24, 2.45) is 0 Å². The average Bonchev–Trinajstić information content (AvgIpc) is 2.76. The fourth-order valence-corrected chi connectivity index (χ4v) is 3.01. The Balaban J connectivity index is 2.24. The summed E-state index contributed by atoms with van der Waals surface area (Å²) < 4.78 is 30.1. The zero-order valence-electron chi connectivity index (χ0n) is 9.34. The smallest absolute Gasteiger partial charge is 0.185 e. The van der Waals surface area contributed by atoms with Gasteiger partial charge in [0.1, 0.15) is 23.9 Å². The van der Waals surface area contributed by atoms with E-state index >= 15 is 0 Å². The summed E-state index contributed by atoms with van der Waals surface area (Å²) in [7, 11) is -3.42. The van der Waals surface area contributed by atoms with Gasteiger partial charge in [-0.05, 0) is 36.4 Å². The van der Waals surface area contributed by atoms with Gasteiger partial charge in [-0.1, -0.05) is 15.9 Å². The van der Waals surface area contributed by atoms with Crippen LogP contribution in [0.5, 0.6) is 0 Å². The summed E-state index contributed by atoms with van der Waals surface area (Å²) in [5.41, 5.74) is 0. The van der Waals surface area contributed by atoms with Crippen molar-refractivity contribution < 1.29 is 17.9 Å². The summed E-state index contributed by atoms with van der Waals surface area (Å²) in [5.74, 6) is 0.465. The van der Waals surface area contributed by atoms with Crippen molar-refractivity contribution in [3.8, 4) is 0 Å². The van der Waals surface area contributed by atoms with Crippen LogP contribution in [0.25, 0.3) is 0 Å². The molecule has 0 saturated heterocycles. The topological polar surface area (TPSA) is 67.5 Å². The highest BCUT2D eigenvalue weighted by Crippen LogP contribution is 2.20. The molecule has 0 aliphatic rings. The summed E-state index contributed by atoms with van der Waals surface area (Å²) in [5, 5.41) is 8.85. The van der Waals surface area contributed by atoms with Crippen LogP contribution in [0.4, 0.5) is 0 Å². The van der Waals surface area contributed by atoms with Gasteiger partial charge < -0.3 is 9.52 Å². The predicted molar refractivity (Wildman–Crippen MR) is 69.7 cm³/mol. The molecule has 1 aromatic heterocycles. The number of furan rings is 1. The SMILES string of the molecule is O=S(=O)(Cc1ccc(CO)o1)c1ccc(Br)cc1. The van der Waals surface area contributed by atoms with Gasteiger partial charge in [0.05, 0.1) is 4.90 Å². The molecule has 0 radical (unpaired) electrons. The van der Waals surface area contributed by atoms with Gasteiger partial charge >= 0.3 is 0 Å². The fourth-order valence-electron chi connectivity index (χ4n) is 1.50. The molecule has 1 heterocycles. The number of benzene rings is 1. The van der Waals surface area contributed by atoms with Crippen LogP contribution in [0.3, 0.4) is 0 Å². The average molecular weight is 331 g/mol. The van der Waals surface area contributed by atoms with Crippen molar-refractivity contribution >= 4 is 25.8 Å². The second-order valence-corrected chi connectivity index (χ2v) is 6.64. The number of aliphatic hydroxyl groups is 1. The highest BCUT2D eigenvalue weighted by atomic mass is 79.9. The van der Waals surface area contributed by atoms with Crippen molar-refractivity contribution in [3.05, 3.63) is 52.4 Å². The minimum Gasteiger partial charge on any atom is -0.463 e. The molecule has 0 fully saturated rings. The summed E-state index contributed by atoms with van der Waals surface area (Å²) in [6.45, 7) is -0.238. The standard InChI is InChI=1S/C12H11BrO4S/c13-9-1-5-12(6-2-9)18(15,16)8-11-4-3-10(7-14)17-11/h1-6,14H,7-8H2. The lowest BCUT2D eigenvalue weighted by atomic mass is 10.4. The summed E-state index contributed by atoms with van der Waals surface area (Å²) in [6.07, 6.45) is 0. The number of hydrogen-bond donors (Lipinski definition) is 1. The monoisotopic (exact) mass is 330 g/mol. The van der Waals surface area contributed by atoms with E-state index in [0.717, 1.165) is 4.47 Å². The second kappa shape index (κ2) is 5.26. The van der Waals surface area contributed by atoms with E-state index in [9.17, 15) is 8.42 Å². The first kappa shape index (κ1) is 13.3. The maximum Gasteiger partial charge on any atom is 0.185 e. The number of hydrogen-bond acceptors (Lipinski definition) is 4. The van der Waals surface area contributed by atoms with Gasteiger partial charge in [-0.15, -0.1) is 0 Å². The van der Waals surface area contributed by atoms with Crippen LogP contribution in [-0.4, -0.2) is 13.5 Å². The lowest BCUT2D eigenvalue weighted by Crippen LogP contribution is -2.04. The molecule has 18 heavy (non-hydrogen) atoms. The van der Waals surface area contributed by atoms with E-state index in [1.165, 1.54) is 12.1 Å². The Kier molecular flexibility index (Phi) is 3.89. The van der Waals surface area contributed by atoms with E-state index in [1.54, 1.807) is 24.3 Å². The van der Waals surface area contributed by atoms with Crippen LogP contribution in [0.1, 0.15) is 11.5 Å². The molecule has 96 valence electrons. The minimum absolute atomic E-state index is 0.214. The van der Waals surface area contributed by atoms with Crippen molar-refractivity contribution in [2.45, 2.75) is 17.3 Å². The molecule has 0 amide bonds. The highest BCUT2D eigenvalue weighted by Gasteiger charge is 2.17. The zero-order valence-corrected chi connectivity index (χ0v) is 11.7. The molecule has 0 spiro atoms. The maximum absolute atomic E-state index is 12.1. The minimum atomic E-state index is -3.42. The van der Waals surface area contributed by atoms with E-state index in [1.807, 2.05) is 0 Å². The fraction of sp³-hybridized carbons (Fsp3) is 0.167. The molecular weight excluding hydrogens is 320 g/mol. The maximum atomic E-state index is 12.1. The lowest BCUT2D eigenvalue weighted by Gasteiger charge is -2.02. The van der Waals surface area contributed by atoms with E-state index in [4.69, 9.17) is 9.52 Å². The van der Waals surface area contributed by atoms with E-state index in [2.05, 4.69) is 15.9 Å². The van der Waals surface area contributed by atoms with Gasteiger partial charge in [0.15, 0.2) is 9.84 Å². The summed E-state index contributed by atoms with van der Waals surface area (Å²) in [6, 6.07) is 9.54. The molecular formula is C12H11BrO4S. The third kappa shape index (κ3) is 3.01. The van der Waals surface area contributed by atoms with Gasteiger partial charge in [-0.25, -0.2) is 8.42 Å². The number of halogens is 1. The molecule has 1 aromatic carbocycles. The van der Waals surface area contributed by atoms with E-state index in [0.29, 0.717) is 11.5 Å². The molecule has 6 heteroatoms. The highest BCUT2D eigenvalue weighted by molar-refractivity contribution is 9.10. The third-order valence-electron chi connectivity index (χ3n) is 2.38. The van der Waals surface area contributed by atoms with Crippen LogP contribution in [0.15, 0.2) is 50.2 Å². The first-order chi connectivity index (χ1) is 8.51. The van der Waals surface area contributed by atoms with Gasteiger partial charge in [-0.3, -0.25) is 0 Å². The van der Waals surface area contributed by atoms with Crippen molar-refractivity contribution in [1.29, 1.82) is 0 Å². The quantitative estimate of drug-likeness (QED) is 0.935. The van der Waals surface area contributed by atoms with Crippen LogP contribution in [0.2, 0.25) is 0 Å². The second-order valence-electron chi connectivity index (χ2n) is 3.74. The predicted octanol–water partition coefficient (Wildman–Crippen LogP) is 2.51. The largest absolute Gasteiger partial charge is 0.463 e. The Morgan fingerprint density at radius 3 is 2.22 bits per heavy atom. The normalized spacial score (nSPS) is 11.7. The molecule has 0 atom stereocenters. The Morgan fingerprint density at radius 1 is 1.06 bits per heavy atom. The molecule has 2 aromatic rings. The summed E-state index contributed by atoms with van der Waals surface area (Å²) >= 11 is 3.25. The van der Waals surface area contributed by atoms with Crippen molar-refractivity contribution in [2.75, 3.05) is 0 Å². The number of sulfone groups is 1. The molecule has 4 nitrogen and oxygen atoms in total. The number of rotatable bonds is 4. The number of aliphatic hydroxyl groups excluding tert-OH is 1. The first-order valence-electron chi connectivity index (χ1n) is 5.18. The van der Waals surface area contributed by atoms with Crippen LogP contribution >= 0.6 is 15.9 Å². The molecule has 0 saturated carbocycles. The van der Waals surface area contributed by atoms with Gasteiger partial charge in [0.25, 0.3) is 0 Å². The molecule has 1 N–H and O–H groups in total. The van der Waals surface area contributed by atoms with E-state index in [-0.39, 0.29) is 17.3 Å². The van der Waals surface area contributed by atoms with Crippen molar-refractivity contribution in [3.63, 3.8) is 0 Å². The molecule has 0 bridgehead atoms. The van der Waals surface area contributed by atoms with Gasteiger partial charge in [0.2, 0.25) is 0 Å². The molecule has 0 aliphatic heterocycles. The van der Waals surface area contributed by atoms with Crippen LogP contribution < -0.4 is 0 Å². The van der Waals surface area contributed by atoms with Crippen LogP contribution in [-0.2, 0) is 22.2 Å². The van der Waals surface area contributed by atoms with Crippen molar-refractivity contribution in [1.82, 2.24) is 0 Å². The molecule has 0 unspecified atom stereocenters. The molecule has 2 rings (SSSR count). The van der Waals surface area contributed by atoms with Crippen LogP contribution in [0, 0.1) is 0 Å². The third-order valence-corrected chi connectivity index (χ3v) is 4.56. The molecule has 0 aliphatic carbocycles. The summed E-state index contributed by atoms with van der Waals surface area (Å²) in [4.78, 5) is 0.243. The van der Waals surface area contributed by atoms with Gasteiger partial charge in [-0.2, -0.15) is 0 Å². The van der Waals surface area contributed by atoms with Gasteiger partial charge in [0, 0.05) is 4.47 Å². The lowest BCUT2D eigenvalue weighted by molar-refractivity contribution is 0.244. The first-order valence-corrected chi connectivity index (χ1v) is 7.62. The Hall–Kier alpha value is -1.11. The Bertz CT molecular complexity index is 628. The Labute approximate surface area is 113 Å².